The van der Waals surface area contributed by atoms with E-state index in [-0.39, 0.29) is 10.6 Å². The second kappa shape index (κ2) is 5.18. The Morgan fingerprint density at radius 3 is 2.58 bits per heavy atom. The lowest BCUT2D eigenvalue weighted by Crippen LogP contribution is -2.50. The molecule has 6 nitrogen and oxygen atoms in total. The molecule has 1 aliphatic rings. The number of nitrogens with two attached hydrogens (primary N) is 2. The first-order valence-electron chi connectivity index (χ1n) is 6.10. The number of piperidine rings is 1. The highest BCUT2D eigenvalue weighted by molar-refractivity contribution is 7.89. The van der Waals surface area contributed by atoms with Crippen LogP contribution in [0.3, 0.4) is 0 Å². The van der Waals surface area contributed by atoms with E-state index in [1.165, 1.54) is 16.4 Å². The molecule has 1 atom stereocenters. The molecule has 1 unspecified atom stereocenters. The van der Waals surface area contributed by atoms with Crippen LogP contribution in [0, 0.1) is 0 Å². The fraction of sp³-hybridized carbons (Fsp3) is 0.417. The van der Waals surface area contributed by atoms with Crippen LogP contribution in [-0.4, -0.2) is 31.2 Å². The van der Waals surface area contributed by atoms with Crippen LogP contribution < -0.4 is 11.5 Å². The van der Waals surface area contributed by atoms with E-state index in [1.807, 2.05) is 0 Å². The van der Waals surface area contributed by atoms with Crippen molar-refractivity contribution in [3.05, 3.63) is 24.3 Å². The van der Waals surface area contributed by atoms with Crippen molar-refractivity contribution in [2.24, 2.45) is 5.73 Å². The molecule has 1 fully saturated rings. The number of amides is 1. The van der Waals surface area contributed by atoms with Crippen molar-refractivity contribution >= 4 is 21.6 Å². The van der Waals surface area contributed by atoms with Gasteiger partial charge in [0, 0.05) is 6.54 Å². The molecular formula is C12H17N3O3S. The number of carbonyl (C=O) groups is 1. The van der Waals surface area contributed by atoms with Gasteiger partial charge >= 0.3 is 0 Å². The largest absolute Gasteiger partial charge is 0.398 e. The summed E-state index contributed by atoms with van der Waals surface area (Å²) in [6.45, 7) is 0.296. The van der Waals surface area contributed by atoms with Crippen molar-refractivity contribution < 1.29 is 13.2 Å². The fourth-order valence-electron chi connectivity index (χ4n) is 2.32. The SMILES string of the molecule is NC(=O)C1CCCCN1S(=O)(=O)c1ccccc1N. The first-order valence-corrected chi connectivity index (χ1v) is 7.54. The van der Waals surface area contributed by atoms with Gasteiger partial charge in [-0.25, -0.2) is 8.42 Å². The van der Waals surface area contributed by atoms with Crippen LogP contribution in [0.5, 0.6) is 0 Å². The van der Waals surface area contributed by atoms with Crippen LogP contribution in [0.4, 0.5) is 5.69 Å². The molecule has 104 valence electrons. The van der Waals surface area contributed by atoms with Gasteiger partial charge in [0.05, 0.1) is 5.69 Å². The molecule has 1 saturated heterocycles. The quantitative estimate of drug-likeness (QED) is 0.778. The van der Waals surface area contributed by atoms with Gasteiger partial charge in [0.15, 0.2) is 0 Å². The summed E-state index contributed by atoms with van der Waals surface area (Å²) < 4.78 is 26.3. The molecule has 1 aromatic rings. The normalized spacial score (nSPS) is 21.2. The Balaban J connectivity index is 2.43. The average molecular weight is 283 g/mol. The lowest BCUT2D eigenvalue weighted by Gasteiger charge is -2.32. The number of nitrogens with zero attached hydrogens (tertiary/aromatic N) is 1. The standard InChI is InChI=1S/C12H17N3O3S/c13-9-5-1-2-7-11(9)19(17,18)15-8-4-3-6-10(15)12(14)16/h1-2,5,7,10H,3-4,6,8,13H2,(H2,14,16). The minimum absolute atomic E-state index is 0.0307. The summed E-state index contributed by atoms with van der Waals surface area (Å²) in [5, 5.41) is 0. The summed E-state index contributed by atoms with van der Waals surface area (Å²) in [6, 6.07) is 5.45. The van der Waals surface area contributed by atoms with Crippen molar-refractivity contribution in [2.75, 3.05) is 12.3 Å². The summed E-state index contributed by atoms with van der Waals surface area (Å²) in [5.74, 6) is -0.613. The molecule has 0 spiro atoms. The Hall–Kier alpha value is -1.60. The number of nitrogen functional groups attached to an aromatic ring is 1. The molecule has 19 heavy (non-hydrogen) atoms. The Labute approximate surface area is 112 Å². The van der Waals surface area contributed by atoms with Gasteiger partial charge in [-0.05, 0) is 25.0 Å². The first kappa shape index (κ1) is 13.8. The molecule has 1 amide bonds. The summed E-state index contributed by atoms with van der Waals surface area (Å²) in [5.41, 5.74) is 11.2. The lowest BCUT2D eigenvalue weighted by atomic mass is 10.0. The summed E-state index contributed by atoms with van der Waals surface area (Å²) in [7, 11) is -3.78. The number of rotatable bonds is 3. The Morgan fingerprint density at radius 2 is 1.95 bits per heavy atom. The van der Waals surface area contributed by atoms with E-state index < -0.39 is 22.0 Å². The van der Waals surface area contributed by atoms with Crippen LogP contribution in [0.25, 0.3) is 0 Å². The smallest absolute Gasteiger partial charge is 0.245 e. The van der Waals surface area contributed by atoms with Crippen LogP contribution in [0.1, 0.15) is 19.3 Å². The van der Waals surface area contributed by atoms with Gasteiger partial charge in [-0.3, -0.25) is 4.79 Å². The summed E-state index contributed by atoms with van der Waals surface area (Å²) in [4.78, 5) is 11.4. The number of carbonyl (C=O) groups excluding carboxylic acids is 1. The molecule has 1 aliphatic heterocycles. The summed E-state index contributed by atoms with van der Waals surface area (Å²) >= 11 is 0. The third-order valence-electron chi connectivity index (χ3n) is 3.29. The van der Waals surface area contributed by atoms with E-state index in [0.29, 0.717) is 13.0 Å². The summed E-state index contributed by atoms with van der Waals surface area (Å²) in [6.07, 6.45) is 1.97. The maximum absolute atomic E-state index is 12.6. The third-order valence-corrected chi connectivity index (χ3v) is 5.27. The Morgan fingerprint density at radius 1 is 1.26 bits per heavy atom. The number of anilines is 1. The minimum Gasteiger partial charge on any atom is -0.398 e. The van der Waals surface area contributed by atoms with Crippen molar-refractivity contribution in [3.63, 3.8) is 0 Å². The van der Waals surface area contributed by atoms with Crippen LogP contribution in [0.15, 0.2) is 29.2 Å². The number of benzene rings is 1. The average Bonchev–Trinajstić information content (AvgIpc) is 2.39. The van der Waals surface area contributed by atoms with Crippen LogP contribution in [0.2, 0.25) is 0 Å². The van der Waals surface area contributed by atoms with Gasteiger partial charge in [-0.2, -0.15) is 4.31 Å². The zero-order valence-corrected chi connectivity index (χ0v) is 11.3. The Bertz CT molecular complexity index is 586. The van der Waals surface area contributed by atoms with Crippen molar-refractivity contribution in [2.45, 2.75) is 30.2 Å². The third kappa shape index (κ3) is 2.57. The molecule has 0 aliphatic carbocycles. The van der Waals surface area contributed by atoms with Gasteiger partial charge in [0.25, 0.3) is 0 Å². The zero-order valence-electron chi connectivity index (χ0n) is 10.5. The molecule has 0 saturated carbocycles. The number of sulfonamides is 1. The maximum Gasteiger partial charge on any atom is 0.245 e. The predicted octanol–water partition coefficient (Wildman–Crippen LogP) is 0.297. The molecule has 0 bridgehead atoms. The van der Waals surface area contributed by atoms with E-state index in [1.54, 1.807) is 12.1 Å². The second-order valence-corrected chi connectivity index (χ2v) is 6.43. The van der Waals surface area contributed by atoms with E-state index in [0.717, 1.165) is 12.8 Å². The van der Waals surface area contributed by atoms with Crippen molar-refractivity contribution in [3.8, 4) is 0 Å². The maximum atomic E-state index is 12.6. The van der Waals surface area contributed by atoms with E-state index in [2.05, 4.69) is 0 Å². The van der Waals surface area contributed by atoms with E-state index in [9.17, 15) is 13.2 Å². The zero-order chi connectivity index (χ0) is 14.0. The molecule has 2 rings (SSSR count). The molecule has 7 heteroatoms. The molecule has 1 aromatic carbocycles. The highest BCUT2D eigenvalue weighted by atomic mass is 32.2. The van der Waals surface area contributed by atoms with Crippen molar-refractivity contribution in [1.82, 2.24) is 4.31 Å². The number of primary amides is 1. The van der Waals surface area contributed by atoms with Crippen molar-refractivity contribution in [1.29, 1.82) is 0 Å². The van der Waals surface area contributed by atoms with Crippen LogP contribution >= 0.6 is 0 Å². The number of hydrogen-bond donors (Lipinski definition) is 2. The van der Waals surface area contributed by atoms with Gasteiger partial charge in [0.2, 0.25) is 15.9 Å². The van der Waals surface area contributed by atoms with Crippen LogP contribution in [-0.2, 0) is 14.8 Å². The monoisotopic (exact) mass is 283 g/mol. The van der Waals surface area contributed by atoms with Gasteiger partial charge in [-0.1, -0.05) is 18.6 Å². The molecule has 0 aromatic heterocycles. The lowest BCUT2D eigenvalue weighted by molar-refractivity contribution is -0.122. The van der Waals surface area contributed by atoms with Gasteiger partial charge in [0.1, 0.15) is 10.9 Å². The predicted molar refractivity (Wildman–Crippen MR) is 71.6 cm³/mol. The minimum atomic E-state index is -3.78. The highest BCUT2D eigenvalue weighted by Crippen LogP contribution is 2.28. The fourth-order valence-corrected chi connectivity index (χ4v) is 4.10. The second-order valence-electron chi connectivity index (χ2n) is 4.57. The highest BCUT2D eigenvalue weighted by Gasteiger charge is 2.37. The first-order chi connectivity index (χ1) is 8.94. The number of para-hydroxylation sites is 1. The molecular weight excluding hydrogens is 266 g/mol. The van der Waals surface area contributed by atoms with E-state index >= 15 is 0 Å². The van der Waals surface area contributed by atoms with Gasteiger partial charge in [-0.15, -0.1) is 0 Å². The molecule has 4 N–H and O–H groups in total. The van der Waals surface area contributed by atoms with Gasteiger partial charge < -0.3 is 11.5 Å². The Kier molecular flexibility index (Phi) is 3.77. The number of hydrogen-bond acceptors (Lipinski definition) is 4. The topological polar surface area (TPSA) is 106 Å². The molecule has 1 heterocycles. The molecule has 0 radical (unpaired) electrons. The van der Waals surface area contributed by atoms with E-state index in [4.69, 9.17) is 11.5 Å².